The summed E-state index contributed by atoms with van der Waals surface area (Å²) in [5, 5.41) is 2.76. The Hall–Kier alpha value is -3.29. The van der Waals surface area contributed by atoms with Crippen LogP contribution in [0, 0.1) is 31.4 Å². The summed E-state index contributed by atoms with van der Waals surface area (Å²) in [7, 11) is 0. The van der Waals surface area contributed by atoms with E-state index in [9.17, 15) is 23.2 Å². The Kier molecular flexibility index (Phi) is 7.22. The third kappa shape index (κ3) is 5.49. The number of amides is 2. The summed E-state index contributed by atoms with van der Waals surface area (Å²) in [6.07, 6.45) is -0.311. The van der Waals surface area contributed by atoms with E-state index >= 15 is 0 Å². The van der Waals surface area contributed by atoms with E-state index in [4.69, 9.17) is 4.74 Å². The average molecular weight is 444 g/mol. The number of ether oxygens (including phenoxy) is 1. The molecule has 6 nitrogen and oxygen atoms in total. The molecule has 2 aromatic carbocycles. The summed E-state index contributed by atoms with van der Waals surface area (Å²) in [5.74, 6) is -3.61. The van der Waals surface area contributed by atoms with Gasteiger partial charge in [-0.1, -0.05) is 17.7 Å². The number of carbonyl (C=O) groups is 3. The number of nitrogens with one attached hydrogen (secondary N) is 1. The van der Waals surface area contributed by atoms with Crippen molar-refractivity contribution >= 4 is 23.5 Å². The molecule has 2 amide bonds. The number of piperidine rings is 1. The highest BCUT2D eigenvalue weighted by atomic mass is 19.1. The van der Waals surface area contributed by atoms with Gasteiger partial charge in [0, 0.05) is 24.8 Å². The number of nitrogens with zero attached hydrogens (tertiary/aromatic N) is 1. The van der Waals surface area contributed by atoms with Gasteiger partial charge in [0.15, 0.2) is 6.10 Å². The average Bonchev–Trinajstić information content (AvgIpc) is 2.75. The molecule has 0 bridgehead atoms. The van der Waals surface area contributed by atoms with Crippen molar-refractivity contribution in [2.75, 3.05) is 18.4 Å². The summed E-state index contributed by atoms with van der Waals surface area (Å²) in [4.78, 5) is 38.8. The van der Waals surface area contributed by atoms with E-state index in [1.165, 1.54) is 11.8 Å². The summed E-state index contributed by atoms with van der Waals surface area (Å²) < 4.78 is 32.3. The highest BCUT2D eigenvalue weighted by Gasteiger charge is 2.31. The van der Waals surface area contributed by atoms with Crippen molar-refractivity contribution in [3.05, 3.63) is 64.7 Å². The fourth-order valence-electron chi connectivity index (χ4n) is 3.66. The lowest BCUT2D eigenvalue weighted by molar-refractivity contribution is -0.158. The van der Waals surface area contributed by atoms with Crippen LogP contribution in [0.3, 0.4) is 0 Å². The van der Waals surface area contributed by atoms with Crippen LogP contribution >= 0.6 is 0 Å². The summed E-state index contributed by atoms with van der Waals surface area (Å²) in [6, 6.07) is 8.44. The second-order valence-corrected chi connectivity index (χ2v) is 8.08. The molecule has 1 heterocycles. The molecule has 0 radical (unpaired) electrons. The second kappa shape index (κ2) is 9.89. The molecule has 1 N–H and O–H groups in total. The van der Waals surface area contributed by atoms with Crippen molar-refractivity contribution < 1.29 is 27.9 Å². The van der Waals surface area contributed by atoms with Gasteiger partial charge in [0.2, 0.25) is 0 Å². The predicted octanol–water partition coefficient (Wildman–Crippen LogP) is 4.00. The van der Waals surface area contributed by atoms with Crippen LogP contribution in [0.5, 0.6) is 0 Å². The molecule has 0 saturated carbocycles. The molecule has 170 valence electrons. The van der Waals surface area contributed by atoms with Crippen molar-refractivity contribution in [1.82, 2.24) is 4.90 Å². The van der Waals surface area contributed by atoms with Gasteiger partial charge >= 0.3 is 5.97 Å². The normalized spacial score (nSPS) is 15.2. The number of likely N-dealkylation sites (tertiary alicyclic amines) is 1. The van der Waals surface area contributed by atoms with Crippen LogP contribution in [-0.2, 0) is 14.3 Å². The van der Waals surface area contributed by atoms with E-state index in [2.05, 4.69) is 5.32 Å². The Bertz CT molecular complexity index is 1030. The lowest BCUT2D eigenvalue weighted by Crippen LogP contribution is -2.42. The third-order valence-corrected chi connectivity index (χ3v) is 5.58. The van der Waals surface area contributed by atoms with Gasteiger partial charge in [-0.25, -0.2) is 8.78 Å². The Morgan fingerprint density at radius 2 is 1.75 bits per heavy atom. The minimum Gasteiger partial charge on any atom is -0.452 e. The van der Waals surface area contributed by atoms with Gasteiger partial charge in [0.25, 0.3) is 11.8 Å². The molecule has 0 aliphatic carbocycles. The van der Waals surface area contributed by atoms with Crippen molar-refractivity contribution in [3.8, 4) is 0 Å². The SMILES string of the molecule is Cc1ccc(NC(=O)C(C)OC(=O)C2CCN(C(=O)c3ccc(F)cc3F)CC2)c(C)c1. The molecule has 1 atom stereocenters. The lowest BCUT2D eigenvalue weighted by Gasteiger charge is -2.31. The van der Waals surface area contributed by atoms with Crippen molar-refractivity contribution in [2.24, 2.45) is 5.92 Å². The summed E-state index contributed by atoms with van der Waals surface area (Å²) in [6.45, 7) is 5.81. The predicted molar refractivity (Wildman–Crippen MR) is 115 cm³/mol. The summed E-state index contributed by atoms with van der Waals surface area (Å²) in [5.41, 5.74) is 2.44. The number of halogens is 2. The number of anilines is 1. The van der Waals surface area contributed by atoms with Crippen LogP contribution in [0.25, 0.3) is 0 Å². The van der Waals surface area contributed by atoms with Crippen LogP contribution in [-0.4, -0.2) is 41.9 Å². The number of esters is 1. The van der Waals surface area contributed by atoms with Crippen LogP contribution in [0.1, 0.15) is 41.3 Å². The molecule has 8 heteroatoms. The topological polar surface area (TPSA) is 75.7 Å². The molecule has 2 aromatic rings. The zero-order valence-electron chi connectivity index (χ0n) is 18.3. The highest BCUT2D eigenvalue weighted by Crippen LogP contribution is 2.23. The molecule has 1 fully saturated rings. The fraction of sp³-hybridized carbons (Fsp3) is 0.375. The lowest BCUT2D eigenvalue weighted by atomic mass is 9.96. The van der Waals surface area contributed by atoms with E-state index in [1.54, 1.807) is 6.07 Å². The van der Waals surface area contributed by atoms with E-state index in [0.29, 0.717) is 24.6 Å². The number of aryl methyl sites for hydroxylation is 2. The zero-order valence-corrected chi connectivity index (χ0v) is 18.3. The van der Waals surface area contributed by atoms with Gasteiger partial charge in [-0.05, 0) is 57.4 Å². The highest BCUT2D eigenvalue weighted by molar-refractivity contribution is 5.96. The maximum atomic E-state index is 13.9. The maximum Gasteiger partial charge on any atom is 0.309 e. The van der Waals surface area contributed by atoms with Crippen molar-refractivity contribution in [3.63, 3.8) is 0 Å². The number of rotatable bonds is 5. The largest absolute Gasteiger partial charge is 0.452 e. The van der Waals surface area contributed by atoms with E-state index < -0.39 is 41.4 Å². The smallest absolute Gasteiger partial charge is 0.309 e. The maximum absolute atomic E-state index is 13.9. The third-order valence-electron chi connectivity index (χ3n) is 5.58. The molecule has 3 rings (SSSR count). The van der Waals surface area contributed by atoms with Gasteiger partial charge in [0.05, 0.1) is 11.5 Å². The number of carbonyl (C=O) groups excluding carboxylic acids is 3. The molecule has 0 spiro atoms. The minimum atomic E-state index is -0.976. The quantitative estimate of drug-likeness (QED) is 0.708. The van der Waals surface area contributed by atoms with Gasteiger partial charge in [0.1, 0.15) is 11.6 Å². The molecular weight excluding hydrogens is 418 g/mol. The van der Waals surface area contributed by atoms with Crippen LogP contribution < -0.4 is 5.32 Å². The van der Waals surface area contributed by atoms with Crippen LogP contribution in [0.15, 0.2) is 36.4 Å². The van der Waals surface area contributed by atoms with Gasteiger partial charge in [-0.15, -0.1) is 0 Å². The molecule has 32 heavy (non-hydrogen) atoms. The molecule has 1 saturated heterocycles. The Balaban J connectivity index is 1.51. The minimum absolute atomic E-state index is 0.205. The molecule has 1 unspecified atom stereocenters. The zero-order chi connectivity index (χ0) is 23.4. The Labute approximate surface area is 185 Å². The standard InChI is InChI=1S/C24H26F2N2O4/c1-14-4-7-21(15(2)12-14)27-22(29)16(3)32-24(31)17-8-10-28(11-9-17)23(30)19-6-5-18(25)13-20(19)26/h4-7,12-13,16-17H,8-11H2,1-3H3,(H,27,29). The monoisotopic (exact) mass is 444 g/mol. The number of hydrogen-bond acceptors (Lipinski definition) is 4. The fourth-order valence-corrected chi connectivity index (χ4v) is 3.66. The first-order valence-electron chi connectivity index (χ1n) is 10.5. The first-order valence-corrected chi connectivity index (χ1v) is 10.5. The first-order chi connectivity index (χ1) is 15.2. The molecular formula is C24H26F2N2O4. The molecule has 0 aromatic heterocycles. The van der Waals surface area contributed by atoms with Gasteiger partial charge in [-0.2, -0.15) is 0 Å². The molecule has 1 aliphatic rings. The van der Waals surface area contributed by atoms with E-state index in [-0.39, 0.29) is 18.7 Å². The van der Waals surface area contributed by atoms with E-state index in [0.717, 1.165) is 23.3 Å². The first kappa shape index (κ1) is 23.4. The Morgan fingerprint density at radius 3 is 2.38 bits per heavy atom. The van der Waals surface area contributed by atoms with Crippen molar-refractivity contribution in [2.45, 2.75) is 39.7 Å². The number of benzene rings is 2. The summed E-state index contributed by atoms with van der Waals surface area (Å²) >= 11 is 0. The van der Waals surface area contributed by atoms with Gasteiger partial charge < -0.3 is 15.0 Å². The Morgan fingerprint density at radius 1 is 1.06 bits per heavy atom. The number of hydrogen-bond donors (Lipinski definition) is 1. The van der Waals surface area contributed by atoms with Crippen LogP contribution in [0.2, 0.25) is 0 Å². The van der Waals surface area contributed by atoms with Gasteiger partial charge in [-0.3, -0.25) is 14.4 Å². The molecule has 1 aliphatic heterocycles. The second-order valence-electron chi connectivity index (χ2n) is 8.08. The van der Waals surface area contributed by atoms with Crippen molar-refractivity contribution in [1.29, 1.82) is 0 Å². The van der Waals surface area contributed by atoms with Crippen LogP contribution in [0.4, 0.5) is 14.5 Å². The van der Waals surface area contributed by atoms with E-state index in [1.807, 2.05) is 26.0 Å².